The van der Waals surface area contributed by atoms with Crippen molar-refractivity contribution in [1.29, 1.82) is 0 Å². The van der Waals surface area contributed by atoms with E-state index < -0.39 is 0 Å². The van der Waals surface area contributed by atoms with Gasteiger partial charge in [0.15, 0.2) is 0 Å². The summed E-state index contributed by atoms with van der Waals surface area (Å²) in [5.41, 5.74) is 4.90. The summed E-state index contributed by atoms with van der Waals surface area (Å²) in [7, 11) is 0. The molecule has 0 aliphatic rings. The zero-order valence-corrected chi connectivity index (χ0v) is 13.7. The molecule has 114 valence electrons. The van der Waals surface area contributed by atoms with Crippen LogP contribution in [-0.2, 0) is 6.54 Å². The Balaban J connectivity index is 2.12. The topological polar surface area (TPSA) is 37.0 Å². The second kappa shape index (κ2) is 7.53. The maximum atomic E-state index is 4.68. The van der Waals surface area contributed by atoms with Gasteiger partial charge in [-0.05, 0) is 50.9 Å². The molecule has 0 aliphatic carbocycles. The first kappa shape index (κ1) is 15.9. The largest absolute Gasteiger partial charge is 0.315 e. The van der Waals surface area contributed by atoms with E-state index in [1.807, 2.05) is 0 Å². The molecule has 21 heavy (non-hydrogen) atoms. The van der Waals surface area contributed by atoms with Gasteiger partial charge >= 0.3 is 0 Å². The van der Waals surface area contributed by atoms with Crippen LogP contribution in [0.5, 0.6) is 0 Å². The molecule has 0 aliphatic heterocycles. The van der Waals surface area contributed by atoms with Crippen LogP contribution >= 0.6 is 0 Å². The van der Waals surface area contributed by atoms with Gasteiger partial charge in [-0.15, -0.1) is 0 Å². The van der Waals surface area contributed by atoms with Gasteiger partial charge in [0.25, 0.3) is 0 Å². The SMILES string of the molecule is CCCNCC(C)NCc1c(C)c(C)nc2ccccc12. The molecule has 3 heteroatoms. The standard InChI is InChI=1S/C18H27N3/c1-5-10-19-11-13(2)20-12-17-14(3)15(4)21-18-9-7-6-8-16(17)18/h6-9,13,19-20H,5,10-12H2,1-4H3. The predicted octanol–water partition coefficient (Wildman–Crippen LogP) is 3.33. The summed E-state index contributed by atoms with van der Waals surface area (Å²) in [5.74, 6) is 0. The smallest absolute Gasteiger partial charge is 0.0708 e. The Morgan fingerprint density at radius 3 is 2.71 bits per heavy atom. The molecule has 0 bridgehead atoms. The number of nitrogens with zero attached hydrogens (tertiary/aromatic N) is 1. The lowest BCUT2D eigenvalue weighted by Crippen LogP contribution is -2.36. The molecular weight excluding hydrogens is 258 g/mol. The van der Waals surface area contributed by atoms with Crippen LogP contribution in [0.15, 0.2) is 24.3 Å². The lowest BCUT2D eigenvalue weighted by atomic mass is 10.0. The monoisotopic (exact) mass is 285 g/mol. The van der Waals surface area contributed by atoms with Crippen LogP contribution in [0.25, 0.3) is 10.9 Å². The third-order valence-corrected chi connectivity index (χ3v) is 4.02. The van der Waals surface area contributed by atoms with Crippen LogP contribution < -0.4 is 10.6 Å². The highest BCUT2D eigenvalue weighted by Crippen LogP contribution is 2.22. The molecule has 1 aromatic carbocycles. The van der Waals surface area contributed by atoms with Crippen LogP contribution in [-0.4, -0.2) is 24.1 Å². The van der Waals surface area contributed by atoms with Gasteiger partial charge in [0.05, 0.1) is 5.52 Å². The number of aromatic nitrogens is 1. The molecule has 0 amide bonds. The summed E-state index contributed by atoms with van der Waals surface area (Å²) in [4.78, 5) is 4.68. The summed E-state index contributed by atoms with van der Waals surface area (Å²) in [6, 6.07) is 8.87. The fraction of sp³-hybridized carbons (Fsp3) is 0.500. The summed E-state index contributed by atoms with van der Waals surface area (Å²) in [5, 5.41) is 8.35. The van der Waals surface area contributed by atoms with Crippen molar-refractivity contribution < 1.29 is 0 Å². The Labute approximate surface area is 128 Å². The van der Waals surface area contributed by atoms with Crippen LogP contribution in [0.1, 0.15) is 37.1 Å². The number of para-hydroxylation sites is 1. The van der Waals surface area contributed by atoms with Crippen molar-refractivity contribution in [3.8, 4) is 0 Å². The summed E-state index contributed by atoms with van der Waals surface area (Å²) < 4.78 is 0. The molecule has 2 N–H and O–H groups in total. The Hall–Kier alpha value is -1.45. The third-order valence-electron chi connectivity index (χ3n) is 4.02. The fourth-order valence-corrected chi connectivity index (χ4v) is 2.58. The van der Waals surface area contributed by atoms with E-state index in [1.54, 1.807) is 0 Å². The Kier molecular flexibility index (Phi) is 5.71. The first-order valence-electron chi connectivity index (χ1n) is 7.92. The summed E-state index contributed by atoms with van der Waals surface area (Å²) in [6.45, 7) is 11.7. The number of rotatable bonds is 7. The highest BCUT2D eigenvalue weighted by Gasteiger charge is 2.10. The number of fused-ring (bicyclic) bond motifs is 1. The van der Waals surface area contributed by atoms with Gasteiger partial charge in [0, 0.05) is 30.2 Å². The average Bonchev–Trinajstić information content (AvgIpc) is 2.48. The van der Waals surface area contributed by atoms with Crippen molar-refractivity contribution in [2.24, 2.45) is 0 Å². The molecular formula is C18H27N3. The van der Waals surface area contributed by atoms with E-state index in [0.717, 1.165) is 30.8 Å². The third kappa shape index (κ3) is 4.02. The number of benzene rings is 1. The fourth-order valence-electron chi connectivity index (χ4n) is 2.58. The second-order valence-corrected chi connectivity index (χ2v) is 5.80. The molecule has 1 heterocycles. The Bertz CT molecular complexity index is 592. The minimum Gasteiger partial charge on any atom is -0.315 e. The van der Waals surface area contributed by atoms with Crippen LogP contribution in [0.3, 0.4) is 0 Å². The lowest BCUT2D eigenvalue weighted by Gasteiger charge is -2.18. The van der Waals surface area contributed by atoms with Crippen molar-refractivity contribution in [3.05, 3.63) is 41.1 Å². The molecule has 1 aromatic heterocycles. The van der Waals surface area contributed by atoms with Gasteiger partial charge in [-0.2, -0.15) is 0 Å². The maximum Gasteiger partial charge on any atom is 0.0708 e. The molecule has 1 unspecified atom stereocenters. The van der Waals surface area contributed by atoms with Gasteiger partial charge in [-0.25, -0.2) is 0 Å². The number of hydrogen-bond acceptors (Lipinski definition) is 3. The molecule has 1 atom stereocenters. The first-order valence-corrected chi connectivity index (χ1v) is 7.92. The number of hydrogen-bond donors (Lipinski definition) is 2. The molecule has 0 radical (unpaired) electrons. The second-order valence-electron chi connectivity index (χ2n) is 5.80. The zero-order valence-electron chi connectivity index (χ0n) is 13.7. The highest BCUT2D eigenvalue weighted by molar-refractivity contribution is 5.83. The minimum atomic E-state index is 0.461. The van der Waals surface area contributed by atoms with Gasteiger partial charge in [0.1, 0.15) is 0 Å². The van der Waals surface area contributed by atoms with Crippen molar-refractivity contribution >= 4 is 10.9 Å². The van der Waals surface area contributed by atoms with Crippen molar-refractivity contribution in [2.75, 3.05) is 13.1 Å². The molecule has 0 spiro atoms. The number of aryl methyl sites for hydroxylation is 1. The number of nitrogens with one attached hydrogen (secondary N) is 2. The predicted molar refractivity (Wildman–Crippen MR) is 90.7 cm³/mol. The van der Waals surface area contributed by atoms with Crippen molar-refractivity contribution in [3.63, 3.8) is 0 Å². The maximum absolute atomic E-state index is 4.68. The van der Waals surface area contributed by atoms with E-state index in [4.69, 9.17) is 0 Å². The Morgan fingerprint density at radius 2 is 1.95 bits per heavy atom. The number of pyridine rings is 1. The Morgan fingerprint density at radius 1 is 1.19 bits per heavy atom. The van der Waals surface area contributed by atoms with E-state index in [1.165, 1.54) is 22.9 Å². The molecule has 0 saturated heterocycles. The van der Waals surface area contributed by atoms with Crippen LogP contribution in [0.4, 0.5) is 0 Å². The minimum absolute atomic E-state index is 0.461. The molecule has 3 nitrogen and oxygen atoms in total. The van der Waals surface area contributed by atoms with Crippen LogP contribution in [0, 0.1) is 13.8 Å². The van der Waals surface area contributed by atoms with Gasteiger partial charge in [-0.3, -0.25) is 4.98 Å². The van der Waals surface area contributed by atoms with Crippen molar-refractivity contribution in [2.45, 2.75) is 46.7 Å². The van der Waals surface area contributed by atoms with E-state index in [-0.39, 0.29) is 0 Å². The molecule has 0 saturated carbocycles. The van der Waals surface area contributed by atoms with Gasteiger partial charge in [0.2, 0.25) is 0 Å². The van der Waals surface area contributed by atoms with E-state index in [0.29, 0.717) is 6.04 Å². The molecule has 2 rings (SSSR count). The normalized spacial score (nSPS) is 12.8. The van der Waals surface area contributed by atoms with E-state index >= 15 is 0 Å². The lowest BCUT2D eigenvalue weighted by molar-refractivity contribution is 0.501. The van der Waals surface area contributed by atoms with Crippen LogP contribution in [0.2, 0.25) is 0 Å². The molecule has 2 aromatic rings. The van der Waals surface area contributed by atoms with E-state index in [9.17, 15) is 0 Å². The van der Waals surface area contributed by atoms with E-state index in [2.05, 4.69) is 67.6 Å². The highest BCUT2D eigenvalue weighted by atomic mass is 15.0. The first-order chi connectivity index (χ1) is 10.1. The quantitative estimate of drug-likeness (QED) is 0.766. The van der Waals surface area contributed by atoms with Gasteiger partial charge < -0.3 is 10.6 Å². The molecule has 0 fully saturated rings. The van der Waals surface area contributed by atoms with Gasteiger partial charge in [-0.1, -0.05) is 25.1 Å². The average molecular weight is 285 g/mol. The van der Waals surface area contributed by atoms with Crippen molar-refractivity contribution in [1.82, 2.24) is 15.6 Å². The summed E-state index contributed by atoms with van der Waals surface area (Å²) >= 11 is 0. The zero-order chi connectivity index (χ0) is 15.2. The summed E-state index contributed by atoms with van der Waals surface area (Å²) in [6.07, 6.45) is 1.18.